The zero-order valence-corrected chi connectivity index (χ0v) is 8.64. The van der Waals surface area contributed by atoms with Crippen molar-refractivity contribution in [1.82, 2.24) is 0 Å². The summed E-state index contributed by atoms with van der Waals surface area (Å²) < 4.78 is 12.5. The second-order valence-electron chi connectivity index (χ2n) is 2.95. The summed E-state index contributed by atoms with van der Waals surface area (Å²) in [6.45, 7) is 2.11. The molecule has 66 valence electrons. The lowest BCUT2D eigenvalue weighted by atomic mass is 10.1. The number of halogens is 2. The van der Waals surface area contributed by atoms with Crippen molar-refractivity contribution in [2.75, 3.05) is 0 Å². The monoisotopic (exact) mass is 230 g/mol. The molecule has 0 spiro atoms. The average molecular weight is 231 g/mol. The van der Waals surface area contributed by atoms with Crippen LogP contribution in [-0.2, 0) is 6.42 Å². The predicted octanol–water partition coefficient (Wildman–Crippen LogP) is 3.54. The van der Waals surface area contributed by atoms with Gasteiger partial charge in [-0.2, -0.15) is 0 Å². The Hall–Kier alpha value is -0.370. The van der Waals surface area contributed by atoms with Gasteiger partial charge in [0, 0.05) is 4.83 Å². The van der Waals surface area contributed by atoms with E-state index in [0.717, 1.165) is 12.8 Å². The van der Waals surface area contributed by atoms with Crippen molar-refractivity contribution in [3.8, 4) is 0 Å². The first kappa shape index (κ1) is 9.72. The van der Waals surface area contributed by atoms with E-state index in [0.29, 0.717) is 4.83 Å². The highest BCUT2D eigenvalue weighted by molar-refractivity contribution is 9.09. The quantitative estimate of drug-likeness (QED) is 0.698. The fourth-order valence-corrected chi connectivity index (χ4v) is 1.25. The van der Waals surface area contributed by atoms with Crippen molar-refractivity contribution in [2.24, 2.45) is 0 Å². The number of alkyl halides is 1. The van der Waals surface area contributed by atoms with Crippen LogP contribution < -0.4 is 0 Å². The zero-order chi connectivity index (χ0) is 8.97. The lowest BCUT2D eigenvalue weighted by Gasteiger charge is -2.02. The summed E-state index contributed by atoms with van der Waals surface area (Å²) in [5.74, 6) is -0.161. The molecule has 12 heavy (non-hydrogen) atoms. The third kappa shape index (κ3) is 3.35. The second kappa shape index (κ2) is 4.61. The van der Waals surface area contributed by atoms with Crippen LogP contribution in [0.2, 0.25) is 0 Å². The molecule has 0 bridgehead atoms. The van der Waals surface area contributed by atoms with Crippen LogP contribution in [0.5, 0.6) is 0 Å². The third-order valence-electron chi connectivity index (χ3n) is 1.74. The van der Waals surface area contributed by atoms with Crippen LogP contribution in [0.4, 0.5) is 4.39 Å². The van der Waals surface area contributed by atoms with Crippen LogP contribution in [-0.4, -0.2) is 4.83 Å². The van der Waals surface area contributed by atoms with Crippen LogP contribution in [0.1, 0.15) is 18.9 Å². The Morgan fingerprint density at radius 1 is 1.33 bits per heavy atom. The van der Waals surface area contributed by atoms with Gasteiger partial charge < -0.3 is 0 Å². The van der Waals surface area contributed by atoms with Gasteiger partial charge in [0.25, 0.3) is 0 Å². The fourth-order valence-electron chi connectivity index (χ4n) is 1.02. The molecule has 0 nitrogen and oxygen atoms in total. The normalized spacial score (nSPS) is 12.9. The maximum Gasteiger partial charge on any atom is 0.123 e. The largest absolute Gasteiger partial charge is 0.207 e. The van der Waals surface area contributed by atoms with Crippen molar-refractivity contribution >= 4 is 15.9 Å². The molecule has 0 heterocycles. The molecule has 0 aliphatic carbocycles. The maximum atomic E-state index is 12.5. The number of rotatable bonds is 3. The smallest absolute Gasteiger partial charge is 0.123 e. The van der Waals surface area contributed by atoms with Gasteiger partial charge in [-0.25, -0.2) is 4.39 Å². The van der Waals surface area contributed by atoms with Gasteiger partial charge >= 0.3 is 0 Å². The highest BCUT2D eigenvalue weighted by Crippen LogP contribution is 2.10. The summed E-state index contributed by atoms with van der Waals surface area (Å²) in [6.07, 6.45) is 2.10. The molecule has 1 unspecified atom stereocenters. The highest BCUT2D eigenvalue weighted by atomic mass is 79.9. The van der Waals surface area contributed by atoms with Crippen LogP contribution >= 0.6 is 15.9 Å². The topological polar surface area (TPSA) is 0 Å². The molecule has 0 aliphatic rings. The van der Waals surface area contributed by atoms with E-state index < -0.39 is 0 Å². The Kier molecular flexibility index (Phi) is 3.73. The lowest BCUT2D eigenvalue weighted by molar-refractivity contribution is 0.626. The molecule has 1 aromatic carbocycles. The number of hydrogen-bond acceptors (Lipinski definition) is 0. The molecule has 0 N–H and O–H groups in total. The molecule has 1 rings (SSSR count). The summed E-state index contributed by atoms with van der Waals surface area (Å²) in [7, 11) is 0. The van der Waals surface area contributed by atoms with E-state index in [1.54, 1.807) is 0 Å². The van der Waals surface area contributed by atoms with E-state index in [2.05, 4.69) is 22.9 Å². The van der Waals surface area contributed by atoms with E-state index in [-0.39, 0.29) is 5.82 Å². The molecular formula is C10H12BrF. The van der Waals surface area contributed by atoms with Crippen molar-refractivity contribution in [3.05, 3.63) is 35.6 Å². The second-order valence-corrected chi connectivity index (χ2v) is 4.51. The summed E-state index contributed by atoms with van der Waals surface area (Å²) in [6, 6.07) is 6.69. The lowest BCUT2D eigenvalue weighted by Crippen LogP contribution is -1.93. The average Bonchev–Trinajstić information content (AvgIpc) is 2.03. The molecule has 1 aromatic rings. The first-order chi connectivity index (χ1) is 5.68. The Bertz CT molecular complexity index is 228. The minimum Gasteiger partial charge on any atom is -0.207 e. The molecule has 0 amide bonds. The number of hydrogen-bond donors (Lipinski definition) is 0. The van der Waals surface area contributed by atoms with Gasteiger partial charge in [-0.3, -0.25) is 0 Å². The van der Waals surface area contributed by atoms with Crippen molar-refractivity contribution in [2.45, 2.75) is 24.6 Å². The Balaban J connectivity index is 2.48. The summed E-state index contributed by atoms with van der Waals surface area (Å²) in [5.41, 5.74) is 1.20. The highest BCUT2D eigenvalue weighted by Gasteiger charge is 1.97. The molecule has 0 radical (unpaired) electrons. The van der Waals surface area contributed by atoms with Gasteiger partial charge in [0.2, 0.25) is 0 Å². The van der Waals surface area contributed by atoms with E-state index in [1.165, 1.54) is 17.7 Å². The molecule has 0 aliphatic heterocycles. The van der Waals surface area contributed by atoms with Crippen LogP contribution in [0, 0.1) is 5.82 Å². The van der Waals surface area contributed by atoms with Gasteiger partial charge in [-0.05, 0) is 30.5 Å². The first-order valence-corrected chi connectivity index (χ1v) is 4.98. The van der Waals surface area contributed by atoms with Crippen molar-refractivity contribution < 1.29 is 4.39 Å². The Morgan fingerprint density at radius 2 is 1.92 bits per heavy atom. The number of aryl methyl sites for hydroxylation is 1. The zero-order valence-electron chi connectivity index (χ0n) is 7.06. The third-order valence-corrected chi connectivity index (χ3v) is 2.20. The first-order valence-electron chi connectivity index (χ1n) is 4.07. The molecule has 0 fully saturated rings. The molecule has 1 atom stereocenters. The standard InChI is InChI=1S/C10H12BrF/c1-8(11)2-3-9-4-6-10(12)7-5-9/h4-8H,2-3H2,1H3. The Morgan fingerprint density at radius 3 is 2.42 bits per heavy atom. The minimum absolute atomic E-state index is 0.161. The Labute approximate surface area is 80.9 Å². The van der Waals surface area contributed by atoms with E-state index in [4.69, 9.17) is 0 Å². The van der Waals surface area contributed by atoms with Crippen molar-refractivity contribution in [3.63, 3.8) is 0 Å². The van der Waals surface area contributed by atoms with E-state index in [9.17, 15) is 4.39 Å². The molecular weight excluding hydrogens is 219 g/mol. The van der Waals surface area contributed by atoms with Crippen LogP contribution in [0.15, 0.2) is 24.3 Å². The van der Waals surface area contributed by atoms with E-state index >= 15 is 0 Å². The van der Waals surface area contributed by atoms with Gasteiger partial charge in [-0.1, -0.05) is 35.0 Å². The minimum atomic E-state index is -0.161. The SMILES string of the molecule is CC(Br)CCc1ccc(F)cc1. The molecule has 0 saturated heterocycles. The van der Waals surface area contributed by atoms with Gasteiger partial charge in [0.15, 0.2) is 0 Å². The fraction of sp³-hybridized carbons (Fsp3) is 0.400. The molecule has 0 aromatic heterocycles. The summed E-state index contributed by atoms with van der Waals surface area (Å²) in [4.78, 5) is 0.530. The van der Waals surface area contributed by atoms with Crippen LogP contribution in [0.25, 0.3) is 0 Å². The predicted molar refractivity (Wildman–Crippen MR) is 53.1 cm³/mol. The van der Waals surface area contributed by atoms with Gasteiger partial charge in [-0.15, -0.1) is 0 Å². The van der Waals surface area contributed by atoms with Gasteiger partial charge in [0.1, 0.15) is 5.82 Å². The van der Waals surface area contributed by atoms with Crippen molar-refractivity contribution in [1.29, 1.82) is 0 Å². The number of benzene rings is 1. The maximum absolute atomic E-state index is 12.5. The van der Waals surface area contributed by atoms with E-state index in [1.807, 2.05) is 12.1 Å². The van der Waals surface area contributed by atoms with Gasteiger partial charge in [0.05, 0.1) is 0 Å². The van der Waals surface area contributed by atoms with Crippen LogP contribution in [0.3, 0.4) is 0 Å². The summed E-state index contributed by atoms with van der Waals surface area (Å²) >= 11 is 3.47. The summed E-state index contributed by atoms with van der Waals surface area (Å²) in [5, 5.41) is 0. The molecule has 2 heteroatoms. The molecule has 0 saturated carbocycles.